The summed E-state index contributed by atoms with van der Waals surface area (Å²) in [5.41, 5.74) is 1.73. The largest absolute Gasteiger partial charge is 0.320 e. The lowest BCUT2D eigenvalue weighted by atomic mass is 10.1. The van der Waals surface area contributed by atoms with Gasteiger partial charge in [0, 0.05) is 0 Å². The van der Waals surface area contributed by atoms with E-state index in [-0.39, 0.29) is 5.56 Å². The molecule has 3 nitrogen and oxygen atoms in total. The Hall–Kier alpha value is -1.38. The molecule has 2 rings (SSSR count). The summed E-state index contributed by atoms with van der Waals surface area (Å²) in [6, 6.07) is 0. The van der Waals surface area contributed by atoms with E-state index in [1.54, 1.807) is 0 Å². The van der Waals surface area contributed by atoms with Gasteiger partial charge in [-0.3, -0.25) is 9.78 Å². The maximum atomic E-state index is 10.8. The van der Waals surface area contributed by atoms with E-state index in [0.29, 0.717) is 0 Å². The molecular weight excluding hydrogens is 140 g/mol. The van der Waals surface area contributed by atoms with Crippen LogP contribution in [-0.2, 0) is 6.42 Å². The second kappa shape index (κ2) is 2.34. The highest BCUT2D eigenvalue weighted by Crippen LogP contribution is 2.11. The van der Waals surface area contributed by atoms with Crippen LogP contribution in [0, 0.1) is 0 Å². The van der Waals surface area contributed by atoms with Gasteiger partial charge in [-0.05, 0) is 18.9 Å². The summed E-state index contributed by atoms with van der Waals surface area (Å²) in [6.45, 7) is 0. The second-order valence-electron chi connectivity index (χ2n) is 2.55. The van der Waals surface area contributed by atoms with Crippen molar-refractivity contribution in [2.75, 3.05) is 0 Å². The number of nitrogens with one attached hydrogen (secondary N) is 1. The first kappa shape index (κ1) is 6.34. The van der Waals surface area contributed by atoms with Crippen molar-refractivity contribution in [2.24, 2.45) is 0 Å². The number of aromatic amines is 1. The molecule has 0 bridgehead atoms. The summed E-state index contributed by atoms with van der Waals surface area (Å²) in [7, 11) is 0. The number of H-pyrrole nitrogens is 1. The molecule has 1 aliphatic carbocycles. The summed E-state index contributed by atoms with van der Waals surface area (Å²) in [5, 5.41) is 0. The molecule has 0 spiro atoms. The van der Waals surface area contributed by atoms with Crippen LogP contribution in [0.1, 0.15) is 17.8 Å². The number of aryl methyl sites for hydroxylation is 1. The molecule has 0 unspecified atom stereocenters. The molecule has 0 radical (unpaired) electrons. The predicted molar refractivity (Wildman–Crippen MR) is 42.2 cm³/mol. The third-order valence-corrected chi connectivity index (χ3v) is 1.74. The first-order chi connectivity index (χ1) is 5.36. The highest BCUT2D eigenvalue weighted by atomic mass is 16.1. The minimum absolute atomic E-state index is 0.129. The average Bonchev–Trinajstić information content (AvgIpc) is 2.04. The van der Waals surface area contributed by atoms with E-state index in [4.69, 9.17) is 0 Å². The van der Waals surface area contributed by atoms with Gasteiger partial charge in [-0.25, -0.2) is 0 Å². The van der Waals surface area contributed by atoms with Gasteiger partial charge in [0.05, 0.1) is 17.6 Å². The van der Waals surface area contributed by atoms with Crippen LogP contribution >= 0.6 is 0 Å². The van der Waals surface area contributed by atoms with E-state index in [1.807, 2.05) is 12.2 Å². The number of rotatable bonds is 0. The Balaban J connectivity index is 2.63. The van der Waals surface area contributed by atoms with Crippen LogP contribution in [0.3, 0.4) is 0 Å². The zero-order chi connectivity index (χ0) is 7.68. The van der Waals surface area contributed by atoms with Crippen molar-refractivity contribution in [3.05, 3.63) is 34.0 Å². The fourth-order valence-corrected chi connectivity index (χ4v) is 1.20. The van der Waals surface area contributed by atoms with Crippen molar-refractivity contribution < 1.29 is 0 Å². The van der Waals surface area contributed by atoms with Gasteiger partial charge in [0.1, 0.15) is 0 Å². The highest BCUT2D eigenvalue weighted by Gasteiger charge is 2.04. The van der Waals surface area contributed by atoms with Gasteiger partial charge in [-0.2, -0.15) is 0 Å². The zero-order valence-electron chi connectivity index (χ0n) is 6.00. The lowest BCUT2D eigenvalue weighted by molar-refractivity contribution is 0.892. The topological polar surface area (TPSA) is 45.8 Å². The highest BCUT2D eigenvalue weighted by molar-refractivity contribution is 5.49. The van der Waals surface area contributed by atoms with Crippen LogP contribution in [0.25, 0.3) is 6.08 Å². The number of fused-ring (bicyclic) bond motifs is 1. The SMILES string of the molecule is O=c1cnc2c([nH]1)C=CCC2. The molecule has 0 atom stereocenters. The van der Waals surface area contributed by atoms with Crippen molar-refractivity contribution in [2.45, 2.75) is 12.8 Å². The normalized spacial score (nSPS) is 14.5. The van der Waals surface area contributed by atoms with Gasteiger partial charge in [-0.1, -0.05) is 6.08 Å². The Morgan fingerprint density at radius 2 is 2.45 bits per heavy atom. The van der Waals surface area contributed by atoms with Crippen molar-refractivity contribution in [3.63, 3.8) is 0 Å². The molecule has 0 aliphatic heterocycles. The van der Waals surface area contributed by atoms with Gasteiger partial charge in [0.2, 0.25) is 0 Å². The number of nitrogens with zero attached hydrogens (tertiary/aromatic N) is 1. The summed E-state index contributed by atoms with van der Waals surface area (Å²) >= 11 is 0. The van der Waals surface area contributed by atoms with Crippen molar-refractivity contribution >= 4 is 6.08 Å². The molecule has 0 saturated carbocycles. The van der Waals surface area contributed by atoms with Gasteiger partial charge in [-0.15, -0.1) is 0 Å². The molecule has 0 aromatic carbocycles. The third-order valence-electron chi connectivity index (χ3n) is 1.74. The molecule has 3 heteroatoms. The van der Waals surface area contributed by atoms with E-state index >= 15 is 0 Å². The maximum Gasteiger partial charge on any atom is 0.266 e. The standard InChI is InChI=1S/C8H8N2O/c11-8-5-9-6-3-1-2-4-7(6)10-8/h2,4-5H,1,3H2,(H,10,11). The van der Waals surface area contributed by atoms with Gasteiger partial charge in [0.15, 0.2) is 0 Å². The number of allylic oxidation sites excluding steroid dienone is 1. The number of aromatic nitrogens is 2. The van der Waals surface area contributed by atoms with E-state index < -0.39 is 0 Å². The minimum atomic E-state index is -0.129. The van der Waals surface area contributed by atoms with Gasteiger partial charge < -0.3 is 4.98 Å². The van der Waals surface area contributed by atoms with Crippen molar-refractivity contribution in [1.82, 2.24) is 9.97 Å². The Morgan fingerprint density at radius 1 is 1.55 bits per heavy atom. The molecule has 0 amide bonds. The molecule has 56 valence electrons. The molecule has 1 aromatic heterocycles. The maximum absolute atomic E-state index is 10.8. The Morgan fingerprint density at radius 3 is 3.36 bits per heavy atom. The third kappa shape index (κ3) is 1.09. The fourth-order valence-electron chi connectivity index (χ4n) is 1.20. The summed E-state index contributed by atoms with van der Waals surface area (Å²) in [4.78, 5) is 17.5. The Bertz CT molecular complexity index is 351. The first-order valence-corrected chi connectivity index (χ1v) is 3.61. The number of hydrogen-bond acceptors (Lipinski definition) is 2. The van der Waals surface area contributed by atoms with Crippen LogP contribution in [-0.4, -0.2) is 9.97 Å². The predicted octanol–water partition coefficient (Wildman–Crippen LogP) is 0.729. The minimum Gasteiger partial charge on any atom is -0.320 e. The zero-order valence-corrected chi connectivity index (χ0v) is 6.00. The second-order valence-corrected chi connectivity index (χ2v) is 2.55. The lowest BCUT2D eigenvalue weighted by Crippen LogP contribution is -2.11. The van der Waals surface area contributed by atoms with E-state index in [2.05, 4.69) is 9.97 Å². The molecule has 1 heterocycles. The summed E-state index contributed by atoms with van der Waals surface area (Å²) < 4.78 is 0. The monoisotopic (exact) mass is 148 g/mol. The molecule has 0 saturated heterocycles. The summed E-state index contributed by atoms with van der Waals surface area (Å²) in [5.74, 6) is 0. The smallest absolute Gasteiger partial charge is 0.266 e. The first-order valence-electron chi connectivity index (χ1n) is 3.61. The fraction of sp³-hybridized carbons (Fsp3) is 0.250. The van der Waals surface area contributed by atoms with Gasteiger partial charge in [0.25, 0.3) is 5.56 Å². The molecule has 1 aromatic rings. The molecule has 0 fully saturated rings. The Kier molecular flexibility index (Phi) is 1.35. The lowest BCUT2D eigenvalue weighted by Gasteiger charge is -2.06. The molecular formula is C8H8N2O. The van der Waals surface area contributed by atoms with E-state index in [1.165, 1.54) is 6.20 Å². The average molecular weight is 148 g/mol. The molecule has 11 heavy (non-hydrogen) atoms. The van der Waals surface area contributed by atoms with Gasteiger partial charge >= 0.3 is 0 Å². The number of hydrogen-bond donors (Lipinski definition) is 1. The van der Waals surface area contributed by atoms with Crippen molar-refractivity contribution in [3.8, 4) is 0 Å². The van der Waals surface area contributed by atoms with E-state index in [0.717, 1.165) is 24.2 Å². The van der Waals surface area contributed by atoms with Crippen LogP contribution in [0.5, 0.6) is 0 Å². The van der Waals surface area contributed by atoms with Crippen molar-refractivity contribution in [1.29, 1.82) is 0 Å². The van der Waals surface area contributed by atoms with Crippen LogP contribution in [0.15, 0.2) is 17.1 Å². The van der Waals surface area contributed by atoms with Crippen LogP contribution in [0.2, 0.25) is 0 Å². The van der Waals surface area contributed by atoms with E-state index in [9.17, 15) is 4.79 Å². The molecule has 1 aliphatic rings. The quantitative estimate of drug-likeness (QED) is 0.589. The Labute approximate surface area is 63.8 Å². The van der Waals surface area contributed by atoms with Crippen LogP contribution < -0.4 is 5.56 Å². The summed E-state index contributed by atoms with van der Waals surface area (Å²) in [6.07, 6.45) is 7.24. The van der Waals surface area contributed by atoms with Crippen LogP contribution in [0.4, 0.5) is 0 Å². The molecule has 1 N–H and O–H groups in total.